The maximum absolute atomic E-state index is 10.5. The van der Waals surface area contributed by atoms with Gasteiger partial charge in [0.2, 0.25) is 0 Å². The van der Waals surface area contributed by atoms with Gasteiger partial charge in [-0.2, -0.15) is 0 Å². The highest BCUT2D eigenvalue weighted by molar-refractivity contribution is 5.77. The van der Waals surface area contributed by atoms with E-state index in [1.807, 2.05) is 44.2 Å². The Kier molecular flexibility index (Phi) is 2.76. The Morgan fingerprint density at radius 3 is 2.69 bits per heavy atom. The first-order valence-corrected chi connectivity index (χ1v) is 5.77. The molecule has 0 amide bonds. The molecule has 0 aliphatic rings. The van der Waals surface area contributed by atoms with Crippen LogP contribution in [0.1, 0.15) is 33.0 Å². The lowest BCUT2D eigenvalue weighted by Gasteiger charge is -2.27. The molecule has 0 radical (unpaired) electrons. The van der Waals surface area contributed by atoms with Crippen LogP contribution < -0.4 is 0 Å². The molecule has 0 fully saturated rings. The summed E-state index contributed by atoms with van der Waals surface area (Å²) in [5.41, 5.74) is -0.0607. The average molecular weight is 218 g/mol. The number of para-hydroxylation sites is 1. The topological polar surface area (TPSA) is 33.4 Å². The van der Waals surface area contributed by atoms with Crippen molar-refractivity contribution in [2.75, 3.05) is 0 Å². The van der Waals surface area contributed by atoms with Gasteiger partial charge in [0, 0.05) is 5.39 Å². The van der Waals surface area contributed by atoms with Crippen molar-refractivity contribution in [3.8, 4) is 0 Å². The zero-order valence-corrected chi connectivity index (χ0v) is 10.0. The van der Waals surface area contributed by atoms with Crippen molar-refractivity contribution in [3.05, 3.63) is 36.1 Å². The van der Waals surface area contributed by atoms with Gasteiger partial charge in [-0.3, -0.25) is 0 Å². The third kappa shape index (κ3) is 1.74. The van der Waals surface area contributed by atoms with Crippen LogP contribution in [0.5, 0.6) is 0 Å². The second-order valence-corrected chi connectivity index (χ2v) is 4.61. The summed E-state index contributed by atoms with van der Waals surface area (Å²) < 4.78 is 5.71. The minimum atomic E-state index is -0.895. The summed E-state index contributed by atoms with van der Waals surface area (Å²) in [5, 5.41) is 11.5. The number of aliphatic hydroxyl groups is 1. The summed E-state index contributed by atoms with van der Waals surface area (Å²) in [7, 11) is 0. The molecule has 1 aromatic carbocycles. The van der Waals surface area contributed by atoms with E-state index in [-0.39, 0.29) is 5.92 Å². The summed E-state index contributed by atoms with van der Waals surface area (Å²) in [5.74, 6) is 0.830. The Morgan fingerprint density at radius 2 is 2.06 bits per heavy atom. The van der Waals surface area contributed by atoms with Crippen LogP contribution in [-0.4, -0.2) is 5.11 Å². The summed E-state index contributed by atoms with van der Waals surface area (Å²) in [6, 6.07) is 9.76. The Bertz CT molecular complexity index is 449. The van der Waals surface area contributed by atoms with Crippen molar-refractivity contribution in [3.63, 3.8) is 0 Å². The molecule has 2 unspecified atom stereocenters. The SMILES string of the molecule is CCC(C)C(C)(O)c1cc2ccccc2o1. The van der Waals surface area contributed by atoms with Gasteiger partial charge in [-0.25, -0.2) is 0 Å². The molecule has 0 bridgehead atoms. The van der Waals surface area contributed by atoms with Gasteiger partial charge in [0.25, 0.3) is 0 Å². The molecule has 0 saturated heterocycles. The van der Waals surface area contributed by atoms with Crippen molar-refractivity contribution in [1.29, 1.82) is 0 Å². The molecule has 2 aromatic rings. The molecule has 2 nitrogen and oxygen atoms in total. The zero-order valence-electron chi connectivity index (χ0n) is 10.0. The van der Waals surface area contributed by atoms with Crippen molar-refractivity contribution in [2.24, 2.45) is 5.92 Å². The van der Waals surface area contributed by atoms with Gasteiger partial charge in [0.1, 0.15) is 16.9 Å². The predicted molar refractivity (Wildman–Crippen MR) is 65.2 cm³/mol. The Morgan fingerprint density at radius 1 is 1.38 bits per heavy atom. The van der Waals surface area contributed by atoms with Gasteiger partial charge >= 0.3 is 0 Å². The second kappa shape index (κ2) is 3.95. The van der Waals surface area contributed by atoms with Crippen molar-refractivity contribution in [2.45, 2.75) is 32.8 Å². The molecule has 16 heavy (non-hydrogen) atoms. The second-order valence-electron chi connectivity index (χ2n) is 4.61. The number of benzene rings is 1. The number of fused-ring (bicyclic) bond motifs is 1. The lowest BCUT2D eigenvalue weighted by molar-refractivity contribution is -0.0182. The van der Waals surface area contributed by atoms with Crippen molar-refractivity contribution < 1.29 is 9.52 Å². The quantitative estimate of drug-likeness (QED) is 0.852. The van der Waals surface area contributed by atoms with Crippen molar-refractivity contribution >= 4 is 11.0 Å². The van der Waals surface area contributed by atoms with E-state index in [1.165, 1.54) is 0 Å². The van der Waals surface area contributed by atoms with E-state index in [2.05, 4.69) is 6.92 Å². The lowest BCUT2D eigenvalue weighted by Crippen LogP contribution is -2.28. The predicted octanol–water partition coefficient (Wildman–Crippen LogP) is 3.69. The Labute approximate surface area is 95.9 Å². The molecule has 0 aliphatic heterocycles. The number of hydrogen-bond donors (Lipinski definition) is 1. The van der Waals surface area contributed by atoms with Gasteiger partial charge < -0.3 is 9.52 Å². The largest absolute Gasteiger partial charge is 0.458 e. The van der Waals surface area contributed by atoms with Crippen LogP contribution in [0.3, 0.4) is 0 Å². The van der Waals surface area contributed by atoms with Gasteiger partial charge in [-0.15, -0.1) is 0 Å². The standard InChI is InChI=1S/C14H18O2/c1-4-10(2)14(3,15)13-9-11-7-5-6-8-12(11)16-13/h5-10,15H,4H2,1-3H3. The van der Waals surface area contributed by atoms with Crippen LogP contribution in [0.15, 0.2) is 34.7 Å². The van der Waals surface area contributed by atoms with Gasteiger partial charge in [-0.05, 0) is 25.0 Å². The van der Waals surface area contributed by atoms with Crippen LogP contribution in [0.2, 0.25) is 0 Å². The fourth-order valence-electron chi connectivity index (χ4n) is 1.87. The smallest absolute Gasteiger partial charge is 0.136 e. The van der Waals surface area contributed by atoms with Gasteiger partial charge in [-0.1, -0.05) is 38.5 Å². The molecule has 1 heterocycles. The highest BCUT2D eigenvalue weighted by atomic mass is 16.4. The summed E-state index contributed by atoms with van der Waals surface area (Å²) >= 11 is 0. The fourth-order valence-corrected chi connectivity index (χ4v) is 1.87. The van der Waals surface area contributed by atoms with E-state index in [0.717, 1.165) is 17.4 Å². The van der Waals surface area contributed by atoms with Crippen LogP contribution in [0.25, 0.3) is 11.0 Å². The van der Waals surface area contributed by atoms with Crippen LogP contribution in [-0.2, 0) is 5.60 Å². The molecule has 0 spiro atoms. The number of rotatable bonds is 3. The minimum Gasteiger partial charge on any atom is -0.458 e. The average Bonchev–Trinajstić information content (AvgIpc) is 2.72. The van der Waals surface area contributed by atoms with E-state index >= 15 is 0 Å². The highest BCUT2D eigenvalue weighted by Crippen LogP contribution is 2.34. The van der Waals surface area contributed by atoms with E-state index in [0.29, 0.717) is 5.76 Å². The minimum absolute atomic E-state index is 0.174. The molecule has 0 aliphatic carbocycles. The maximum Gasteiger partial charge on any atom is 0.136 e. The molecule has 2 rings (SSSR count). The normalized spacial score (nSPS) is 17.2. The molecular formula is C14H18O2. The Hall–Kier alpha value is -1.28. The van der Waals surface area contributed by atoms with E-state index < -0.39 is 5.60 Å². The molecular weight excluding hydrogens is 200 g/mol. The fraction of sp³-hybridized carbons (Fsp3) is 0.429. The number of furan rings is 1. The van der Waals surface area contributed by atoms with Crippen LogP contribution in [0.4, 0.5) is 0 Å². The van der Waals surface area contributed by atoms with Crippen molar-refractivity contribution in [1.82, 2.24) is 0 Å². The first-order chi connectivity index (χ1) is 7.55. The third-order valence-corrected chi connectivity index (χ3v) is 3.50. The molecule has 1 aromatic heterocycles. The Balaban J connectivity index is 2.47. The highest BCUT2D eigenvalue weighted by Gasteiger charge is 2.32. The summed E-state index contributed by atoms with van der Waals surface area (Å²) in [6.07, 6.45) is 0.921. The van der Waals surface area contributed by atoms with E-state index in [4.69, 9.17) is 4.42 Å². The number of hydrogen-bond acceptors (Lipinski definition) is 2. The van der Waals surface area contributed by atoms with Gasteiger partial charge in [0.15, 0.2) is 0 Å². The summed E-state index contributed by atoms with van der Waals surface area (Å²) in [6.45, 7) is 5.92. The molecule has 2 heteroatoms. The molecule has 0 saturated carbocycles. The third-order valence-electron chi connectivity index (χ3n) is 3.50. The first kappa shape index (κ1) is 11.2. The van der Waals surface area contributed by atoms with Crippen LogP contribution in [0, 0.1) is 5.92 Å². The molecule has 86 valence electrons. The molecule has 2 atom stereocenters. The van der Waals surface area contributed by atoms with Gasteiger partial charge in [0.05, 0.1) is 0 Å². The molecule has 1 N–H and O–H groups in total. The van der Waals surface area contributed by atoms with E-state index in [1.54, 1.807) is 0 Å². The first-order valence-electron chi connectivity index (χ1n) is 5.77. The monoisotopic (exact) mass is 218 g/mol. The van der Waals surface area contributed by atoms with E-state index in [9.17, 15) is 5.11 Å². The maximum atomic E-state index is 10.5. The lowest BCUT2D eigenvalue weighted by atomic mass is 9.86. The zero-order chi connectivity index (χ0) is 11.8. The summed E-state index contributed by atoms with van der Waals surface area (Å²) in [4.78, 5) is 0. The van der Waals surface area contributed by atoms with Crippen LogP contribution >= 0.6 is 0 Å².